The van der Waals surface area contributed by atoms with Crippen LogP contribution in [0.5, 0.6) is 0 Å². The number of pyridine rings is 1. The zero-order chi connectivity index (χ0) is 23.0. The van der Waals surface area contributed by atoms with Crippen molar-refractivity contribution in [3.05, 3.63) is 90.3 Å². The summed E-state index contributed by atoms with van der Waals surface area (Å²) in [5, 5.41) is 14.0. The molecule has 0 bridgehead atoms. The quantitative estimate of drug-likeness (QED) is 0.377. The summed E-state index contributed by atoms with van der Waals surface area (Å²) in [5.74, 6) is -0.184. The largest absolute Gasteiger partial charge is 0.411 e. The Kier molecular flexibility index (Phi) is 7.11. The Hall–Kier alpha value is -3.98. The van der Waals surface area contributed by atoms with Crippen LogP contribution in [0.15, 0.2) is 88.8 Å². The second kappa shape index (κ2) is 10.6. The summed E-state index contributed by atoms with van der Waals surface area (Å²) in [7, 11) is 0. The van der Waals surface area contributed by atoms with Crippen LogP contribution in [-0.2, 0) is 4.79 Å². The van der Waals surface area contributed by atoms with Crippen molar-refractivity contribution < 1.29 is 14.0 Å². The number of carbonyl (C=O) groups is 2. The van der Waals surface area contributed by atoms with E-state index in [1.165, 1.54) is 0 Å². The Morgan fingerprint density at radius 1 is 1.00 bits per heavy atom. The van der Waals surface area contributed by atoms with Crippen molar-refractivity contribution in [2.75, 3.05) is 11.1 Å². The predicted octanol–water partition coefficient (Wildman–Crippen LogP) is 4.35. The molecule has 0 saturated heterocycles. The average Bonchev–Trinajstić information content (AvgIpc) is 3.33. The maximum atomic E-state index is 12.8. The Morgan fingerprint density at radius 2 is 1.79 bits per heavy atom. The first-order valence-electron chi connectivity index (χ1n) is 10.2. The maximum Gasteiger partial charge on any atom is 0.277 e. The summed E-state index contributed by atoms with van der Waals surface area (Å²) in [6.45, 7) is 1.91. The lowest BCUT2D eigenvalue weighted by Gasteiger charge is -2.16. The molecule has 9 heteroatoms. The first-order chi connectivity index (χ1) is 16.1. The van der Waals surface area contributed by atoms with Gasteiger partial charge in [-0.15, -0.1) is 10.2 Å². The highest BCUT2D eigenvalue weighted by Gasteiger charge is 2.17. The number of nitrogens with zero attached hydrogens (tertiary/aromatic N) is 3. The standard InChI is InChI=1S/C24H21N5O3S/c1-16(17-8-3-2-4-9-17)26-22(31)19-11-5-6-12-20(19)27-21(30)15-33-24-29-28-23(32-24)18-10-7-13-25-14-18/h2-14,16H,15H2,1H3,(H,26,31)(H,27,30)/t16-/m0/s1. The minimum Gasteiger partial charge on any atom is -0.411 e. The van der Waals surface area contributed by atoms with Crippen LogP contribution in [0.1, 0.15) is 28.9 Å². The molecule has 0 fully saturated rings. The van der Waals surface area contributed by atoms with E-state index < -0.39 is 0 Å². The summed E-state index contributed by atoms with van der Waals surface area (Å²) in [5.41, 5.74) is 2.51. The number of hydrogen-bond donors (Lipinski definition) is 2. The van der Waals surface area contributed by atoms with E-state index in [4.69, 9.17) is 4.42 Å². The van der Waals surface area contributed by atoms with Crippen molar-refractivity contribution in [1.82, 2.24) is 20.5 Å². The summed E-state index contributed by atoms with van der Waals surface area (Å²) in [6, 6.07) is 20.0. The number of anilines is 1. The number of benzene rings is 2. The molecule has 1 atom stereocenters. The highest BCUT2D eigenvalue weighted by Crippen LogP contribution is 2.23. The van der Waals surface area contributed by atoms with Gasteiger partial charge >= 0.3 is 0 Å². The third kappa shape index (κ3) is 5.83. The van der Waals surface area contributed by atoms with Gasteiger partial charge in [-0.1, -0.05) is 54.2 Å². The molecule has 2 aromatic heterocycles. The Bertz CT molecular complexity index is 1230. The number of aromatic nitrogens is 3. The number of para-hydroxylation sites is 1. The molecule has 4 rings (SSSR count). The van der Waals surface area contributed by atoms with Gasteiger partial charge in [0.25, 0.3) is 11.1 Å². The summed E-state index contributed by atoms with van der Waals surface area (Å²) in [4.78, 5) is 29.4. The van der Waals surface area contributed by atoms with Gasteiger partial charge in [-0.05, 0) is 36.8 Å². The lowest BCUT2D eigenvalue weighted by Crippen LogP contribution is -2.28. The first kappa shape index (κ1) is 22.2. The van der Waals surface area contributed by atoms with Crippen LogP contribution in [0.25, 0.3) is 11.5 Å². The Balaban J connectivity index is 1.36. The van der Waals surface area contributed by atoms with Crippen LogP contribution in [0.2, 0.25) is 0 Å². The van der Waals surface area contributed by atoms with E-state index >= 15 is 0 Å². The number of nitrogens with one attached hydrogen (secondary N) is 2. The molecule has 0 saturated carbocycles. The SMILES string of the molecule is C[C@H](NC(=O)c1ccccc1NC(=O)CSc1nnc(-c2cccnc2)o1)c1ccccc1. The molecule has 2 amide bonds. The zero-order valence-electron chi connectivity index (χ0n) is 17.8. The van der Waals surface area contributed by atoms with Crippen molar-refractivity contribution in [3.8, 4) is 11.5 Å². The topological polar surface area (TPSA) is 110 Å². The second-order valence-electron chi connectivity index (χ2n) is 7.10. The van der Waals surface area contributed by atoms with Gasteiger partial charge in [-0.25, -0.2) is 0 Å². The summed E-state index contributed by atoms with van der Waals surface area (Å²) < 4.78 is 5.57. The fraction of sp³-hybridized carbons (Fsp3) is 0.125. The van der Waals surface area contributed by atoms with Gasteiger partial charge in [-0.2, -0.15) is 0 Å². The second-order valence-corrected chi connectivity index (χ2v) is 8.03. The third-order valence-corrected chi connectivity index (χ3v) is 5.55. The molecule has 4 aromatic rings. The van der Waals surface area contributed by atoms with E-state index in [0.717, 1.165) is 17.3 Å². The van der Waals surface area contributed by atoms with E-state index in [-0.39, 0.29) is 28.8 Å². The Labute approximate surface area is 194 Å². The fourth-order valence-electron chi connectivity index (χ4n) is 3.08. The average molecular weight is 460 g/mol. The summed E-state index contributed by atoms with van der Waals surface area (Å²) >= 11 is 1.11. The first-order valence-corrected chi connectivity index (χ1v) is 11.2. The predicted molar refractivity (Wildman–Crippen MR) is 126 cm³/mol. The molecule has 166 valence electrons. The van der Waals surface area contributed by atoms with Crippen LogP contribution >= 0.6 is 11.8 Å². The highest BCUT2D eigenvalue weighted by atomic mass is 32.2. The molecule has 0 radical (unpaired) electrons. The number of amides is 2. The van der Waals surface area contributed by atoms with E-state index in [2.05, 4.69) is 25.8 Å². The lowest BCUT2D eigenvalue weighted by atomic mass is 10.1. The van der Waals surface area contributed by atoms with Gasteiger partial charge in [0.15, 0.2) is 0 Å². The molecule has 2 heterocycles. The van der Waals surface area contributed by atoms with Crippen molar-refractivity contribution in [2.24, 2.45) is 0 Å². The highest BCUT2D eigenvalue weighted by molar-refractivity contribution is 7.99. The molecule has 0 unspecified atom stereocenters. The van der Waals surface area contributed by atoms with Crippen LogP contribution in [0, 0.1) is 0 Å². The van der Waals surface area contributed by atoms with E-state index in [1.54, 1.807) is 42.7 Å². The molecular weight excluding hydrogens is 438 g/mol. The van der Waals surface area contributed by atoms with Crippen molar-refractivity contribution in [3.63, 3.8) is 0 Å². The molecular formula is C24H21N5O3S. The van der Waals surface area contributed by atoms with Crippen molar-refractivity contribution >= 4 is 29.3 Å². The number of rotatable bonds is 8. The Morgan fingerprint density at radius 3 is 2.58 bits per heavy atom. The third-order valence-electron chi connectivity index (χ3n) is 4.73. The van der Waals surface area contributed by atoms with Crippen molar-refractivity contribution in [1.29, 1.82) is 0 Å². The minimum absolute atomic E-state index is 0.0467. The van der Waals surface area contributed by atoms with Crippen LogP contribution in [-0.4, -0.2) is 32.7 Å². The smallest absolute Gasteiger partial charge is 0.277 e. The molecule has 0 spiro atoms. The number of hydrogen-bond acceptors (Lipinski definition) is 7. The molecule has 2 aromatic carbocycles. The molecule has 0 aliphatic carbocycles. The van der Waals surface area contributed by atoms with Gasteiger partial charge in [0.1, 0.15) is 0 Å². The van der Waals surface area contributed by atoms with Gasteiger partial charge < -0.3 is 15.1 Å². The van der Waals surface area contributed by atoms with Crippen LogP contribution in [0.3, 0.4) is 0 Å². The molecule has 8 nitrogen and oxygen atoms in total. The van der Waals surface area contributed by atoms with E-state index in [0.29, 0.717) is 22.7 Å². The van der Waals surface area contributed by atoms with Crippen LogP contribution < -0.4 is 10.6 Å². The van der Waals surface area contributed by atoms with Gasteiger partial charge in [-0.3, -0.25) is 14.6 Å². The lowest BCUT2D eigenvalue weighted by molar-refractivity contribution is -0.113. The minimum atomic E-state index is -0.294. The monoisotopic (exact) mass is 459 g/mol. The van der Waals surface area contributed by atoms with E-state index in [1.807, 2.05) is 43.3 Å². The van der Waals surface area contributed by atoms with Gasteiger partial charge in [0, 0.05) is 12.4 Å². The molecule has 0 aliphatic heterocycles. The molecule has 2 N–H and O–H groups in total. The zero-order valence-corrected chi connectivity index (χ0v) is 18.6. The van der Waals surface area contributed by atoms with Crippen LogP contribution in [0.4, 0.5) is 5.69 Å². The molecule has 33 heavy (non-hydrogen) atoms. The number of carbonyl (C=O) groups excluding carboxylic acids is 2. The number of thioether (sulfide) groups is 1. The summed E-state index contributed by atoms with van der Waals surface area (Å²) in [6.07, 6.45) is 3.27. The van der Waals surface area contributed by atoms with Crippen molar-refractivity contribution in [2.45, 2.75) is 18.2 Å². The van der Waals surface area contributed by atoms with E-state index in [9.17, 15) is 9.59 Å². The maximum absolute atomic E-state index is 12.8. The molecule has 0 aliphatic rings. The van der Waals surface area contributed by atoms with Gasteiger partial charge in [0.2, 0.25) is 11.8 Å². The fourth-order valence-corrected chi connectivity index (χ4v) is 3.64. The normalized spacial score (nSPS) is 11.5. The van der Waals surface area contributed by atoms with Gasteiger partial charge in [0.05, 0.1) is 28.6 Å².